The fourth-order valence-corrected chi connectivity index (χ4v) is 9.02. The minimum Gasteiger partial charge on any atom is -1.00 e. The molecule has 4 aromatic rings. The van der Waals surface area contributed by atoms with Gasteiger partial charge in [0.05, 0.1) is 0 Å². The number of benzene rings is 2. The van der Waals surface area contributed by atoms with E-state index < -0.39 is 0 Å². The quantitative estimate of drug-likeness (QED) is 0.164. The van der Waals surface area contributed by atoms with Crippen LogP contribution in [0.5, 0.6) is 0 Å². The zero-order chi connectivity index (χ0) is 22.5. The zero-order valence-corrected chi connectivity index (χ0v) is 28.5. The van der Waals surface area contributed by atoms with Crippen LogP contribution < -0.4 is 30.1 Å². The third-order valence-corrected chi connectivity index (χ3v) is 11.5. The minimum absolute atomic E-state index is 0. The molecule has 1 saturated heterocycles. The summed E-state index contributed by atoms with van der Waals surface area (Å²) in [5, 5.41) is 7.41. The van der Waals surface area contributed by atoms with Crippen molar-refractivity contribution in [2.24, 2.45) is 0 Å². The summed E-state index contributed by atoms with van der Waals surface area (Å²) in [6.45, 7) is 9.08. The smallest absolute Gasteiger partial charge is 1.00 e. The summed E-state index contributed by atoms with van der Waals surface area (Å²) in [5.41, 5.74) is 5.30. The normalized spacial score (nSPS) is 15.4. The number of hydrogen-bond acceptors (Lipinski definition) is 0. The molecule has 2 unspecified atom stereocenters. The Morgan fingerprint density at radius 1 is 0.914 bits per heavy atom. The molecule has 0 radical (unpaired) electrons. The van der Waals surface area contributed by atoms with Crippen LogP contribution >= 0.6 is 16.5 Å². The van der Waals surface area contributed by atoms with Crippen molar-refractivity contribution >= 4 is 43.4 Å². The third-order valence-electron chi connectivity index (χ3n) is 6.76. The number of aryl methyl sites for hydroxylation is 2. The summed E-state index contributed by atoms with van der Waals surface area (Å²) in [5.74, 6) is 0. The maximum absolute atomic E-state index is 2.47. The third kappa shape index (κ3) is 8.23. The summed E-state index contributed by atoms with van der Waals surface area (Å²) < 4.78 is 0. The standard InChI is InChI=1S/C17H24P.C13H14P.2ClH.Hf/c1-5-9-18(10-6-2)15-11-16-13(3)7-8-14(4)17(16)12-15;1-2-5-11-9-12(8-10(11)4-1)13-6-3-7-14-13;;;/h7-8,11-12H,5-6,9-10H2,1-4H3;1-2,4-5,8-9,13-14H,3,6-7H2;2*1H;/q2*-1;;;+4/p-2. The van der Waals surface area contributed by atoms with Crippen LogP contribution in [0.1, 0.15) is 61.9 Å². The van der Waals surface area contributed by atoms with Gasteiger partial charge in [0.1, 0.15) is 0 Å². The zero-order valence-electron chi connectivity index (χ0n) is 21.5. The maximum Gasteiger partial charge on any atom is 4.00 e. The van der Waals surface area contributed by atoms with Gasteiger partial charge >= 0.3 is 25.8 Å². The molecule has 0 N–H and O–H groups in total. The Bertz CT molecular complexity index is 1080. The van der Waals surface area contributed by atoms with Crippen LogP contribution in [0.4, 0.5) is 0 Å². The van der Waals surface area contributed by atoms with Crippen LogP contribution in [0, 0.1) is 13.8 Å². The van der Waals surface area contributed by atoms with E-state index in [0.29, 0.717) is 0 Å². The first kappa shape index (κ1) is 33.0. The second-order valence-electron chi connectivity index (χ2n) is 9.29. The van der Waals surface area contributed by atoms with Gasteiger partial charge in [-0.25, -0.2) is 0 Å². The Balaban J connectivity index is 0.000000329. The van der Waals surface area contributed by atoms with Crippen molar-refractivity contribution in [3.63, 3.8) is 0 Å². The molecule has 0 bridgehead atoms. The molecular weight excluding hydrogens is 672 g/mol. The molecule has 0 spiro atoms. The van der Waals surface area contributed by atoms with Gasteiger partial charge in [0.15, 0.2) is 0 Å². The average molecular weight is 710 g/mol. The molecule has 0 nitrogen and oxygen atoms in total. The molecule has 1 aliphatic heterocycles. The van der Waals surface area contributed by atoms with Crippen molar-refractivity contribution < 1.29 is 50.7 Å². The number of hydrogen-bond donors (Lipinski definition) is 0. The Hall–Kier alpha value is -0.0299. The molecule has 2 atom stereocenters. The first-order valence-corrected chi connectivity index (χ1v) is 15.4. The monoisotopic (exact) mass is 710 g/mol. The van der Waals surface area contributed by atoms with Crippen LogP contribution in [0.25, 0.3) is 21.5 Å². The van der Waals surface area contributed by atoms with Crippen molar-refractivity contribution in [2.75, 3.05) is 18.5 Å². The van der Waals surface area contributed by atoms with Crippen LogP contribution in [-0.4, -0.2) is 18.5 Å². The van der Waals surface area contributed by atoms with E-state index in [0.717, 1.165) is 14.2 Å². The van der Waals surface area contributed by atoms with Crippen LogP contribution in [0.2, 0.25) is 0 Å². The molecule has 1 heterocycles. The van der Waals surface area contributed by atoms with Gasteiger partial charge in [0, 0.05) is 0 Å². The van der Waals surface area contributed by atoms with Crippen molar-refractivity contribution in [1.82, 2.24) is 0 Å². The predicted octanol–water partition coefficient (Wildman–Crippen LogP) is 3.18. The van der Waals surface area contributed by atoms with Gasteiger partial charge in [-0.15, -0.1) is 83.0 Å². The van der Waals surface area contributed by atoms with Crippen LogP contribution in [0.15, 0.2) is 60.7 Å². The van der Waals surface area contributed by atoms with Crippen molar-refractivity contribution in [3.05, 3.63) is 77.4 Å². The van der Waals surface area contributed by atoms with Crippen molar-refractivity contribution in [2.45, 2.75) is 59.0 Å². The molecule has 0 aliphatic carbocycles. The molecule has 0 saturated carbocycles. The first-order chi connectivity index (χ1) is 15.6. The number of fused-ring (bicyclic) bond motifs is 2. The molecule has 1 aliphatic rings. The summed E-state index contributed by atoms with van der Waals surface area (Å²) in [6.07, 6.45) is 9.69. The second kappa shape index (κ2) is 16.0. The molecule has 0 aromatic heterocycles. The molecule has 4 aromatic carbocycles. The van der Waals surface area contributed by atoms with Gasteiger partial charge in [-0.05, 0) is 43.9 Å². The van der Waals surface area contributed by atoms with E-state index in [1.54, 1.807) is 10.9 Å². The largest absolute Gasteiger partial charge is 4.00 e. The fourth-order valence-electron chi connectivity index (χ4n) is 5.01. The Morgan fingerprint density at radius 2 is 1.60 bits per heavy atom. The molecule has 0 amide bonds. The Kier molecular flexibility index (Phi) is 15.1. The van der Waals surface area contributed by atoms with Gasteiger partial charge in [-0.3, -0.25) is 0 Å². The average Bonchev–Trinajstić information content (AvgIpc) is 3.55. The maximum atomic E-state index is 2.47. The van der Waals surface area contributed by atoms with Crippen LogP contribution in [0.3, 0.4) is 0 Å². The van der Waals surface area contributed by atoms with Crippen molar-refractivity contribution in [1.29, 1.82) is 0 Å². The van der Waals surface area contributed by atoms with Gasteiger partial charge in [-0.2, -0.15) is 12.1 Å². The summed E-state index contributed by atoms with van der Waals surface area (Å²) in [7, 11) is 1.23. The van der Waals surface area contributed by atoms with E-state index >= 15 is 0 Å². The minimum atomic E-state index is 0. The molecule has 5 heteroatoms. The SMILES string of the molecule is CCCP(CCC)c1cc2c(C)ccc(C)c2[cH-]1.[Cl-].[Cl-].[Hf+4].c1ccc2[cH-]c(C3CCCP3)cc2c1. The molecule has 35 heavy (non-hydrogen) atoms. The van der Waals surface area contributed by atoms with E-state index in [-0.39, 0.29) is 58.6 Å². The summed E-state index contributed by atoms with van der Waals surface area (Å²) in [6, 6.07) is 22.9. The van der Waals surface area contributed by atoms with E-state index in [9.17, 15) is 0 Å². The van der Waals surface area contributed by atoms with Gasteiger partial charge in [0.25, 0.3) is 0 Å². The fraction of sp³-hybridized carbons (Fsp3) is 0.400. The Labute approximate surface area is 247 Å². The molecule has 186 valence electrons. The predicted molar refractivity (Wildman–Crippen MR) is 151 cm³/mol. The van der Waals surface area contributed by atoms with E-state index in [1.807, 2.05) is 0 Å². The van der Waals surface area contributed by atoms with Gasteiger partial charge < -0.3 is 24.8 Å². The second-order valence-corrected chi connectivity index (χ2v) is 13.4. The van der Waals surface area contributed by atoms with Gasteiger partial charge in [0.2, 0.25) is 0 Å². The number of halogens is 2. The van der Waals surface area contributed by atoms with E-state index in [2.05, 4.69) is 88.4 Å². The topological polar surface area (TPSA) is 0 Å². The molecule has 1 fully saturated rings. The number of rotatable bonds is 6. The summed E-state index contributed by atoms with van der Waals surface area (Å²) in [4.78, 5) is 0. The molecule has 5 rings (SSSR count). The Morgan fingerprint density at radius 3 is 2.20 bits per heavy atom. The first-order valence-electron chi connectivity index (χ1n) is 12.4. The van der Waals surface area contributed by atoms with E-state index in [1.165, 1.54) is 76.8 Å². The van der Waals surface area contributed by atoms with Crippen LogP contribution in [-0.2, 0) is 25.8 Å². The van der Waals surface area contributed by atoms with Crippen molar-refractivity contribution in [3.8, 4) is 0 Å². The molecular formula is C30H38Cl2HfP2. The van der Waals surface area contributed by atoms with Gasteiger partial charge in [-0.1, -0.05) is 59.2 Å². The van der Waals surface area contributed by atoms with E-state index in [4.69, 9.17) is 0 Å². The summed E-state index contributed by atoms with van der Waals surface area (Å²) >= 11 is 0.